The van der Waals surface area contributed by atoms with E-state index in [2.05, 4.69) is 26.9 Å². The Kier molecular flexibility index (Phi) is 11.2. The van der Waals surface area contributed by atoms with Gasteiger partial charge in [-0.3, -0.25) is 19.0 Å². The van der Waals surface area contributed by atoms with Crippen molar-refractivity contribution in [1.29, 1.82) is 0 Å². The molecule has 3 amide bonds. The van der Waals surface area contributed by atoms with Crippen molar-refractivity contribution in [3.63, 3.8) is 0 Å². The van der Waals surface area contributed by atoms with Gasteiger partial charge in [0, 0.05) is 36.0 Å². The Morgan fingerprint density at radius 3 is 2.12 bits per heavy atom. The second kappa shape index (κ2) is 15.0. The number of hydrazine groups is 2. The van der Waals surface area contributed by atoms with Crippen molar-refractivity contribution < 1.29 is 43.7 Å². The summed E-state index contributed by atoms with van der Waals surface area (Å²) in [5.41, 5.74) is 8.84. The molecule has 0 radical (unpaired) electrons. The molecule has 8 N–H and O–H groups in total. The van der Waals surface area contributed by atoms with Crippen molar-refractivity contribution >= 4 is 41.2 Å². The Hall–Kier alpha value is -5.18. The predicted molar refractivity (Wildman–Crippen MR) is 148 cm³/mol. The van der Waals surface area contributed by atoms with E-state index in [-0.39, 0.29) is 18.7 Å². The molecule has 0 saturated heterocycles. The fourth-order valence-corrected chi connectivity index (χ4v) is 3.90. The lowest BCUT2D eigenvalue weighted by molar-refractivity contribution is -0.140. The van der Waals surface area contributed by atoms with Crippen molar-refractivity contribution in [3.05, 3.63) is 71.6 Å². The Bertz CT molecular complexity index is 1320. The molecule has 3 rings (SSSR count). The van der Waals surface area contributed by atoms with Crippen molar-refractivity contribution in [2.24, 2.45) is 0 Å². The Balaban J connectivity index is 1.54. The summed E-state index contributed by atoms with van der Waals surface area (Å²) >= 11 is 0. The van der Waals surface area contributed by atoms with Crippen LogP contribution >= 0.6 is 0 Å². The summed E-state index contributed by atoms with van der Waals surface area (Å²) in [6.45, 7) is -0.403. The number of hydrogen-bond donors (Lipinski definition) is 8. The predicted octanol–water partition coefficient (Wildman–Crippen LogP) is 1.97. The van der Waals surface area contributed by atoms with Gasteiger partial charge in [-0.1, -0.05) is 12.1 Å². The number of benzene rings is 2. The van der Waals surface area contributed by atoms with E-state index in [0.717, 1.165) is 11.4 Å². The highest BCUT2D eigenvalue weighted by atomic mass is 19.1. The van der Waals surface area contributed by atoms with Crippen LogP contribution in [-0.2, 0) is 20.8 Å². The summed E-state index contributed by atoms with van der Waals surface area (Å²) in [6.07, 6.45) is 1.76. The maximum Gasteiger partial charge on any atom is 0.326 e. The zero-order valence-corrected chi connectivity index (χ0v) is 22.3. The average molecular weight is 587 g/mol. The highest BCUT2D eigenvalue weighted by Crippen LogP contribution is 2.19. The first kappa shape index (κ1) is 31.3. The fourth-order valence-electron chi connectivity index (χ4n) is 3.90. The Morgan fingerprint density at radius 1 is 0.881 bits per heavy atom. The number of carbonyl (C=O) groups is 5. The molecule has 1 aliphatic rings. The van der Waals surface area contributed by atoms with Gasteiger partial charge in [0.05, 0.1) is 12.4 Å². The summed E-state index contributed by atoms with van der Waals surface area (Å²) in [6, 6.07) is 9.03. The van der Waals surface area contributed by atoms with Crippen LogP contribution in [0.25, 0.3) is 0 Å². The Morgan fingerprint density at radius 2 is 1.52 bits per heavy atom. The normalized spacial score (nSPS) is 13.7. The number of hydrogen-bond acceptors (Lipinski definition) is 8. The molecule has 2 aromatic carbocycles. The van der Waals surface area contributed by atoms with E-state index >= 15 is 0 Å². The highest BCUT2D eigenvalue weighted by molar-refractivity contribution is 6.04. The number of nitrogens with one attached hydrogen (secondary N) is 5. The zero-order valence-electron chi connectivity index (χ0n) is 22.3. The van der Waals surface area contributed by atoms with Crippen LogP contribution in [0.5, 0.6) is 0 Å². The minimum Gasteiger partial charge on any atom is -0.481 e. The van der Waals surface area contributed by atoms with Crippen LogP contribution in [0.1, 0.15) is 41.6 Å². The average Bonchev–Trinajstić information content (AvgIpc) is 3.43. The molecule has 0 saturated carbocycles. The van der Waals surface area contributed by atoms with Crippen LogP contribution < -0.4 is 31.9 Å². The van der Waals surface area contributed by atoms with Gasteiger partial charge in [-0.25, -0.2) is 14.4 Å². The molecule has 0 bridgehead atoms. The molecule has 0 spiro atoms. The third-order valence-electron chi connectivity index (χ3n) is 6.11. The highest BCUT2D eigenvalue weighted by Gasteiger charge is 2.25. The number of allylic oxidation sites excluding steroid dienone is 1. The number of carboxylic acid groups (broad SMARTS) is 3. The monoisotopic (exact) mass is 586 g/mol. The molecular weight excluding hydrogens is 555 g/mol. The van der Waals surface area contributed by atoms with Crippen molar-refractivity contribution in [1.82, 2.24) is 21.6 Å². The SMILES string of the molecule is O=C(O)CC[C@H](NC(=O)N[C@@H](Cc1ccc(NC(=O)c2ccc(N3C=C(CCCF)NN3)cc2)cc1)C(=O)O)C(=O)O. The van der Waals surface area contributed by atoms with E-state index in [4.69, 9.17) is 10.2 Å². The molecule has 0 aliphatic carbocycles. The van der Waals surface area contributed by atoms with Gasteiger partial charge >= 0.3 is 23.9 Å². The lowest BCUT2D eigenvalue weighted by Gasteiger charge is -2.18. The number of nitrogens with zero attached hydrogens (tertiary/aromatic N) is 1. The minimum atomic E-state index is -1.51. The van der Waals surface area contributed by atoms with Crippen LogP contribution in [0.4, 0.5) is 20.6 Å². The van der Waals surface area contributed by atoms with Gasteiger partial charge in [0.1, 0.15) is 12.1 Å². The summed E-state index contributed by atoms with van der Waals surface area (Å²) in [4.78, 5) is 58.5. The van der Waals surface area contributed by atoms with Gasteiger partial charge in [0.15, 0.2) is 0 Å². The topological polar surface area (TPSA) is 209 Å². The molecule has 1 aliphatic heterocycles. The summed E-state index contributed by atoms with van der Waals surface area (Å²) in [5, 5.41) is 36.1. The van der Waals surface area contributed by atoms with Crippen molar-refractivity contribution in [2.75, 3.05) is 17.0 Å². The number of carboxylic acids is 3. The number of alkyl halides is 1. The molecule has 224 valence electrons. The molecule has 0 aromatic heterocycles. The van der Waals surface area contributed by atoms with E-state index in [1.807, 2.05) is 0 Å². The van der Waals surface area contributed by atoms with Crippen LogP contribution in [-0.4, -0.2) is 63.9 Å². The van der Waals surface area contributed by atoms with E-state index in [9.17, 15) is 33.5 Å². The van der Waals surface area contributed by atoms with Crippen LogP contribution in [0, 0.1) is 0 Å². The molecule has 42 heavy (non-hydrogen) atoms. The number of amides is 3. The second-order valence-corrected chi connectivity index (χ2v) is 9.29. The molecule has 0 unspecified atom stereocenters. The largest absolute Gasteiger partial charge is 0.481 e. The number of anilines is 2. The minimum absolute atomic E-state index is 0.144. The zero-order chi connectivity index (χ0) is 30.6. The number of carbonyl (C=O) groups excluding carboxylic acids is 2. The number of rotatable bonds is 15. The van der Waals surface area contributed by atoms with Gasteiger partial charge in [-0.15, -0.1) is 5.53 Å². The molecule has 2 aromatic rings. The molecule has 15 heteroatoms. The van der Waals surface area contributed by atoms with Gasteiger partial charge in [0.25, 0.3) is 5.91 Å². The third kappa shape index (κ3) is 9.48. The molecule has 1 heterocycles. The quantitative estimate of drug-likeness (QED) is 0.151. The van der Waals surface area contributed by atoms with Crippen molar-refractivity contribution in [3.8, 4) is 0 Å². The van der Waals surface area contributed by atoms with Crippen molar-refractivity contribution in [2.45, 2.75) is 44.2 Å². The number of halogens is 1. The van der Waals surface area contributed by atoms with Gasteiger partial charge < -0.3 is 36.7 Å². The lowest BCUT2D eigenvalue weighted by atomic mass is 10.1. The smallest absolute Gasteiger partial charge is 0.326 e. The first-order valence-corrected chi connectivity index (χ1v) is 12.9. The maximum absolute atomic E-state index is 12.7. The molecular formula is C27H31FN6O8. The maximum atomic E-state index is 12.7. The van der Waals surface area contributed by atoms with Gasteiger partial charge in [-0.05, 0) is 61.2 Å². The molecule has 14 nitrogen and oxygen atoms in total. The van der Waals surface area contributed by atoms with E-state index in [0.29, 0.717) is 29.7 Å². The summed E-state index contributed by atoms with van der Waals surface area (Å²) in [5.74, 6) is -4.44. The number of urea groups is 1. The van der Waals surface area contributed by atoms with E-state index in [1.54, 1.807) is 59.7 Å². The van der Waals surface area contributed by atoms with Gasteiger partial charge in [-0.2, -0.15) is 0 Å². The summed E-state index contributed by atoms with van der Waals surface area (Å²) < 4.78 is 12.4. The summed E-state index contributed by atoms with van der Waals surface area (Å²) in [7, 11) is 0. The van der Waals surface area contributed by atoms with Crippen LogP contribution in [0.15, 0.2) is 60.4 Å². The first-order chi connectivity index (χ1) is 20.0. The standard InChI is InChI=1S/C27H31FN6O8/c28-13-1-2-19-15-34(33-32-19)20-9-5-17(6-10-20)24(37)29-18-7-3-16(4-8-18)14-22(26(40)41)31-27(42)30-21(25(38)39)11-12-23(35)36/h3-10,15,21-22,32-33H,1-2,11-14H2,(H,29,37)(H,35,36)(H,38,39)(H,40,41)(H2,30,31,42)/t21-,22-/m0/s1. The second-order valence-electron chi connectivity index (χ2n) is 9.29. The van der Waals surface area contributed by atoms with Crippen LogP contribution in [0.2, 0.25) is 0 Å². The van der Waals surface area contributed by atoms with E-state index < -0.39 is 49.1 Å². The van der Waals surface area contributed by atoms with Crippen LogP contribution in [0.3, 0.4) is 0 Å². The molecule has 2 atom stereocenters. The van der Waals surface area contributed by atoms with E-state index in [1.165, 1.54) is 0 Å². The van der Waals surface area contributed by atoms with Gasteiger partial charge in [0.2, 0.25) is 0 Å². The fraction of sp³-hybridized carbons (Fsp3) is 0.296. The number of aliphatic carboxylic acids is 3. The molecule has 0 fully saturated rings. The Labute approximate surface area is 239 Å². The lowest BCUT2D eigenvalue weighted by Crippen LogP contribution is -2.51. The third-order valence-corrected chi connectivity index (χ3v) is 6.11. The first-order valence-electron chi connectivity index (χ1n) is 12.9.